The number of aliphatic hydroxyl groups excluding tert-OH is 2. The van der Waals surface area contributed by atoms with Gasteiger partial charge in [-0.15, -0.1) is 0 Å². The molecule has 0 unspecified atom stereocenters. The molecule has 7 heteroatoms. The maximum atomic E-state index is 11.4. The highest BCUT2D eigenvalue weighted by Crippen LogP contribution is 2.40. The Morgan fingerprint density at radius 1 is 1.36 bits per heavy atom. The first-order chi connectivity index (χ1) is 10.6. The van der Waals surface area contributed by atoms with Gasteiger partial charge >= 0.3 is 0 Å². The van der Waals surface area contributed by atoms with Crippen LogP contribution < -0.4 is 5.56 Å². The first-order valence-electron chi connectivity index (χ1n) is 6.91. The molecule has 0 saturated carbocycles. The van der Waals surface area contributed by atoms with Gasteiger partial charge in [-0.3, -0.25) is 14.3 Å². The Labute approximate surface area is 131 Å². The maximum absolute atomic E-state index is 11.4. The van der Waals surface area contributed by atoms with Crippen molar-refractivity contribution < 1.29 is 14.9 Å². The molecular formula is C15H16N2O4S. The molecule has 0 amide bonds. The molecule has 116 valence electrons. The molecule has 6 nitrogen and oxygen atoms in total. The van der Waals surface area contributed by atoms with Gasteiger partial charge in [0.1, 0.15) is 6.10 Å². The fourth-order valence-corrected chi connectivity index (χ4v) is 3.14. The van der Waals surface area contributed by atoms with E-state index in [2.05, 4.69) is 4.98 Å². The molecule has 3 atom stereocenters. The minimum Gasteiger partial charge on any atom is -0.394 e. The number of benzene rings is 1. The zero-order valence-electron chi connectivity index (χ0n) is 11.7. The van der Waals surface area contributed by atoms with Crippen LogP contribution in [0.2, 0.25) is 0 Å². The van der Waals surface area contributed by atoms with E-state index in [1.165, 1.54) is 6.07 Å². The Morgan fingerprint density at radius 3 is 2.68 bits per heavy atom. The molecule has 2 heterocycles. The van der Waals surface area contributed by atoms with Crippen molar-refractivity contribution in [3.63, 3.8) is 0 Å². The lowest BCUT2D eigenvalue weighted by atomic mass is 9.97. The van der Waals surface area contributed by atoms with E-state index in [1.54, 1.807) is 10.8 Å². The SMILES string of the molecule is O=c1ccn([C@@]2(c3ccccc3)C[C@H](O)[C@@H](CO)O2)c(=S)[nH]1. The van der Waals surface area contributed by atoms with Crippen LogP contribution in [0.4, 0.5) is 0 Å². The fraction of sp³-hybridized carbons (Fsp3) is 0.333. The van der Waals surface area contributed by atoms with Crippen LogP contribution in [0.1, 0.15) is 12.0 Å². The summed E-state index contributed by atoms with van der Waals surface area (Å²) in [5.41, 5.74) is -0.579. The van der Waals surface area contributed by atoms with Gasteiger partial charge in [-0.05, 0) is 12.2 Å². The van der Waals surface area contributed by atoms with Gasteiger partial charge in [0.25, 0.3) is 5.56 Å². The maximum Gasteiger partial charge on any atom is 0.251 e. The summed E-state index contributed by atoms with van der Waals surface area (Å²) in [6.45, 7) is -0.299. The molecule has 1 fully saturated rings. The number of aromatic nitrogens is 2. The third-order valence-corrected chi connectivity index (χ3v) is 4.18. The summed E-state index contributed by atoms with van der Waals surface area (Å²) >= 11 is 5.24. The largest absolute Gasteiger partial charge is 0.394 e. The van der Waals surface area contributed by atoms with Gasteiger partial charge in [0, 0.05) is 24.2 Å². The molecule has 3 rings (SSSR count). The number of hydrogen-bond acceptors (Lipinski definition) is 5. The number of ether oxygens (including phenoxy) is 1. The van der Waals surface area contributed by atoms with E-state index in [1.807, 2.05) is 30.3 Å². The third-order valence-electron chi connectivity index (χ3n) is 3.88. The smallest absolute Gasteiger partial charge is 0.251 e. The van der Waals surface area contributed by atoms with Gasteiger partial charge in [-0.2, -0.15) is 0 Å². The molecule has 2 aromatic rings. The summed E-state index contributed by atoms with van der Waals surface area (Å²) in [5.74, 6) is 0. The summed E-state index contributed by atoms with van der Waals surface area (Å²) in [5, 5.41) is 19.6. The number of nitrogens with zero attached hydrogens (tertiary/aromatic N) is 1. The van der Waals surface area contributed by atoms with Crippen molar-refractivity contribution in [2.45, 2.75) is 24.4 Å². The quantitative estimate of drug-likeness (QED) is 0.727. The second kappa shape index (κ2) is 5.77. The van der Waals surface area contributed by atoms with Crippen LogP contribution in [-0.2, 0) is 10.5 Å². The van der Waals surface area contributed by atoms with Crippen LogP contribution in [0.3, 0.4) is 0 Å². The van der Waals surface area contributed by atoms with E-state index in [9.17, 15) is 15.0 Å². The van der Waals surface area contributed by atoms with Crippen molar-refractivity contribution in [3.8, 4) is 0 Å². The minimum atomic E-state index is -1.06. The van der Waals surface area contributed by atoms with E-state index < -0.39 is 17.9 Å². The lowest BCUT2D eigenvalue weighted by Crippen LogP contribution is -2.37. The van der Waals surface area contributed by atoms with Crippen LogP contribution in [0, 0.1) is 4.77 Å². The standard InChI is InChI=1S/C15H16N2O4S/c18-9-12-11(19)8-15(21-12,10-4-2-1-3-5-10)17-7-6-13(20)16-14(17)22/h1-7,11-12,18-19H,8-9H2,(H,16,20,22)/t11-,12+,15-/m0/s1. The van der Waals surface area contributed by atoms with Crippen LogP contribution in [0.5, 0.6) is 0 Å². The molecule has 0 bridgehead atoms. The Kier molecular flexibility index (Phi) is 3.96. The first kappa shape index (κ1) is 15.1. The molecular weight excluding hydrogens is 304 g/mol. The van der Waals surface area contributed by atoms with E-state index in [4.69, 9.17) is 17.0 Å². The summed E-state index contributed by atoms with van der Waals surface area (Å²) in [6.07, 6.45) is 0.219. The van der Waals surface area contributed by atoms with Gasteiger partial charge in [0.2, 0.25) is 0 Å². The minimum absolute atomic E-state index is 0.196. The first-order valence-corrected chi connectivity index (χ1v) is 7.32. The average Bonchev–Trinajstić information content (AvgIpc) is 2.86. The van der Waals surface area contributed by atoms with Gasteiger partial charge in [0.15, 0.2) is 10.5 Å². The molecule has 1 saturated heterocycles. The van der Waals surface area contributed by atoms with Crippen molar-refractivity contribution in [2.24, 2.45) is 0 Å². The Balaban J connectivity index is 2.21. The molecule has 0 radical (unpaired) electrons. The normalized spacial score (nSPS) is 27.9. The van der Waals surface area contributed by atoms with Crippen LogP contribution in [-0.4, -0.2) is 38.6 Å². The Hall–Kier alpha value is -1.80. The highest BCUT2D eigenvalue weighted by Gasteiger charge is 2.48. The zero-order chi connectivity index (χ0) is 15.7. The third kappa shape index (κ3) is 2.42. The van der Waals surface area contributed by atoms with Crippen LogP contribution >= 0.6 is 12.2 Å². The number of rotatable bonds is 3. The lowest BCUT2D eigenvalue weighted by Gasteiger charge is -2.32. The zero-order valence-corrected chi connectivity index (χ0v) is 12.5. The van der Waals surface area contributed by atoms with Gasteiger partial charge in [-0.25, -0.2) is 0 Å². The second-order valence-electron chi connectivity index (χ2n) is 5.24. The summed E-state index contributed by atoms with van der Waals surface area (Å²) < 4.78 is 7.78. The Bertz CT molecular complexity index is 773. The highest BCUT2D eigenvalue weighted by atomic mass is 32.1. The molecule has 1 aliphatic heterocycles. The number of aliphatic hydroxyl groups is 2. The van der Waals surface area contributed by atoms with E-state index >= 15 is 0 Å². The summed E-state index contributed by atoms with van der Waals surface area (Å²) in [6, 6.07) is 10.7. The van der Waals surface area contributed by atoms with Gasteiger partial charge in [-0.1, -0.05) is 30.3 Å². The van der Waals surface area contributed by atoms with E-state index in [0.717, 1.165) is 5.56 Å². The summed E-state index contributed by atoms with van der Waals surface area (Å²) in [4.78, 5) is 14.0. The number of H-pyrrole nitrogens is 1. The van der Waals surface area contributed by atoms with E-state index in [0.29, 0.717) is 0 Å². The molecule has 1 aliphatic rings. The fourth-order valence-electron chi connectivity index (χ4n) is 2.83. The topological polar surface area (TPSA) is 87.5 Å². The van der Waals surface area contributed by atoms with Crippen molar-refractivity contribution in [2.75, 3.05) is 6.61 Å². The summed E-state index contributed by atoms with van der Waals surface area (Å²) in [7, 11) is 0. The number of nitrogens with one attached hydrogen (secondary N) is 1. The van der Waals surface area contributed by atoms with Crippen molar-refractivity contribution in [1.82, 2.24) is 9.55 Å². The van der Waals surface area contributed by atoms with E-state index in [-0.39, 0.29) is 23.4 Å². The predicted octanol–water partition coefficient (Wildman–Crippen LogP) is 0.749. The molecule has 0 aliphatic carbocycles. The van der Waals surface area contributed by atoms with Gasteiger partial charge in [0.05, 0.1) is 12.7 Å². The predicted molar refractivity (Wildman–Crippen MR) is 82.0 cm³/mol. The van der Waals surface area contributed by atoms with Crippen molar-refractivity contribution >= 4 is 12.2 Å². The second-order valence-corrected chi connectivity index (χ2v) is 5.63. The van der Waals surface area contributed by atoms with Gasteiger partial charge < -0.3 is 14.9 Å². The highest BCUT2D eigenvalue weighted by molar-refractivity contribution is 7.71. The van der Waals surface area contributed by atoms with Crippen molar-refractivity contribution in [1.29, 1.82) is 0 Å². The number of aromatic amines is 1. The van der Waals surface area contributed by atoms with Crippen LogP contribution in [0.15, 0.2) is 47.4 Å². The molecule has 1 aromatic carbocycles. The number of hydrogen-bond donors (Lipinski definition) is 3. The molecule has 22 heavy (non-hydrogen) atoms. The molecule has 3 N–H and O–H groups in total. The Morgan fingerprint density at radius 2 is 2.09 bits per heavy atom. The average molecular weight is 320 g/mol. The molecule has 1 aromatic heterocycles. The monoisotopic (exact) mass is 320 g/mol. The van der Waals surface area contributed by atoms with Crippen LogP contribution in [0.25, 0.3) is 0 Å². The van der Waals surface area contributed by atoms with Crippen molar-refractivity contribution in [3.05, 3.63) is 63.3 Å². The lowest BCUT2D eigenvalue weighted by molar-refractivity contribution is -0.0929. The molecule has 0 spiro atoms.